The largest absolute Gasteiger partial charge is 0.493 e. The van der Waals surface area contributed by atoms with Crippen LogP contribution in [0.3, 0.4) is 0 Å². The van der Waals surface area contributed by atoms with E-state index in [0.29, 0.717) is 18.0 Å². The maximum absolute atomic E-state index is 12.0. The Balaban J connectivity index is 2.77. The molecule has 0 aliphatic heterocycles. The average molecular weight is 315 g/mol. The second kappa shape index (κ2) is 7.13. The highest BCUT2D eigenvalue weighted by Crippen LogP contribution is 2.28. The van der Waals surface area contributed by atoms with Gasteiger partial charge in [-0.1, -0.05) is 6.07 Å². The number of nitrogens with two attached hydrogens (primary N) is 1. The number of hydrogen-bond donors (Lipinski definition) is 1. The van der Waals surface area contributed by atoms with Crippen molar-refractivity contribution in [3.05, 3.63) is 23.8 Å². The van der Waals surface area contributed by atoms with Gasteiger partial charge in [0.2, 0.25) is 0 Å². The van der Waals surface area contributed by atoms with Crippen LogP contribution in [-0.4, -0.2) is 39.2 Å². The fourth-order valence-corrected chi connectivity index (χ4v) is 2.64. The predicted octanol–water partition coefficient (Wildman–Crippen LogP) is 1.79. The molecule has 5 nitrogen and oxygen atoms in total. The molecule has 0 aliphatic carbocycles. The summed E-state index contributed by atoms with van der Waals surface area (Å²) in [6, 6.07) is 5.57. The molecule has 0 amide bonds. The van der Waals surface area contributed by atoms with E-state index in [1.54, 1.807) is 33.9 Å². The zero-order valence-corrected chi connectivity index (χ0v) is 14.0. The zero-order chi connectivity index (χ0) is 16.1. The van der Waals surface area contributed by atoms with Crippen LogP contribution >= 0.6 is 0 Å². The third-order valence-corrected chi connectivity index (χ3v) is 5.77. The van der Waals surface area contributed by atoms with E-state index < -0.39 is 14.6 Å². The molecule has 0 spiro atoms. The van der Waals surface area contributed by atoms with Gasteiger partial charge >= 0.3 is 0 Å². The summed E-state index contributed by atoms with van der Waals surface area (Å²) in [5, 5.41) is 0. The van der Waals surface area contributed by atoms with Crippen molar-refractivity contribution in [2.75, 3.05) is 26.0 Å². The maximum atomic E-state index is 12.0. The van der Waals surface area contributed by atoms with Crippen LogP contribution < -0.4 is 15.2 Å². The van der Waals surface area contributed by atoms with Gasteiger partial charge < -0.3 is 15.2 Å². The minimum Gasteiger partial charge on any atom is -0.493 e. The zero-order valence-electron chi connectivity index (χ0n) is 13.2. The van der Waals surface area contributed by atoms with Crippen LogP contribution in [0, 0.1) is 0 Å². The van der Waals surface area contributed by atoms with E-state index >= 15 is 0 Å². The molecular formula is C15H25NO4S. The summed E-state index contributed by atoms with van der Waals surface area (Å²) in [7, 11) is -1.64. The number of ether oxygens (including phenoxy) is 2. The van der Waals surface area contributed by atoms with Crippen molar-refractivity contribution in [2.24, 2.45) is 5.73 Å². The summed E-state index contributed by atoms with van der Waals surface area (Å²) in [5.74, 6) is 1.11. The van der Waals surface area contributed by atoms with Gasteiger partial charge in [-0.3, -0.25) is 0 Å². The SMILES string of the molecule is COc1ccc(CCN)cc1OCCS(=O)(=O)C(C)(C)C. The highest BCUT2D eigenvalue weighted by Gasteiger charge is 2.28. The topological polar surface area (TPSA) is 78.6 Å². The fraction of sp³-hybridized carbons (Fsp3) is 0.600. The van der Waals surface area contributed by atoms with Gasteiger partial charge in [-0.25, -0.2) is 8.42 Å². The molecule has 1 aromatic carbocycles. The summed E-state index contributed by atoms with van der Waals surface area (Å²) in [5.41, 5.74) is 6.57. The molecule has 0 fully saturated rings. The molecule has 120 valence electrons. The van der Waals surface area contributed by atoms with E-state index in [0.717, 1.165) is 12.0 Å². The van der Waals surface area contributed by atoms with Crippen molar-refractivity contribution in [1.29, 1.82) is 0 Å². The molecule has 0 radical (unpaired) electrons. The molecule has 0 aromatic heterocycles. The monoisotopic (exact) mass is 315 g/mol. The number of sulfone groups is 1. The van der Waals surface area contributed by atoms with E-state index in [2.05, 4.69) is 0 Å². The van der Waals surface area contributed by atoms with Crippen molar-refractivity contribution < 1.29 is 17.9 Å². The molecule has 0 aliphatic rings. The molecule has 21 heavy (non-hydrogen) atoms. The predicted molar refractivity (Wildman–Crippen MR) is 84.8 cm³/mol. The minimum absolute atomic E-state index is 0.0270. The number of hydrogen-bond acceptors (Lipinski definition) is 5. The summed E-state index contributed by atoms with van der Waals surface area (Å²) in [4.78, 5) is 0. The molecule has 0 bridgehead atoms. The summed E-state index contributed by atoms with van der Waals surface area (Å²) < 4.78 is 34.1. The number of methoxy groups -OCH3 is 1. The molecular weight excluding hydrogens is 290 g/mol. The van der Waals surface area contributed by atoms with Crippen molar-refractivity contribution in [1.82, 2.24) is 0 Å². The van der Waals surface area contributed by atoms with Gasteiger partial charge in [0.15, 0.2) is 21.3 Å². The Morgan fingerprint density at radius 1 is 1.19 bits per heavy atom. The Bertz CT molecular complexity index is 562. The molecule has 0 atom stereocenters. The number of benzene rings is 1. The molecule has 0 saturated carbocycles. The van der Waals surface area contributed by atoms with Gasteiger partial charge in [0, 0.05) is 0 Å². The quantitative estimate of drug-likeness (QED) is 0.830. The lowest BCUT2D eigenvalue weighted by atomic mass is 10.1. The molecule has 1 aromatic rings. The molecule has 0 saturated heterocycles. The second-order valence-corrected chi connectivity index (χ2v) is 8.67. The molecule has 0 unspecified atom stereocenters. The molecule has 2 N–H and O–H groups in total. The maximum Gasteiger partial charge on any atom is 0.161 e. The third kappa shape index (κ3) is 4.89. The molecule has 0 heterocycles. The van der Waals surface area contributed by atoms with E-state index in [4.69, 9.17) is 15.2 Å². The van der Waals surface area contributed by atoms with Gasteiger partial charge in [0.1, 0.15) is 6.61 Å². The summed E-state index contributed by atoms with van der Waals surface area (Å²) in [6.45, 7) is 5.70. The van der Waals surface area contributed by atoms with Crippen LogP contribution in [0.25, 0.3) is 0 Å². The lowest BCUT2D eigenvalue weighted by Gasteiger charge is -2.19. The Kier molecular flexibility index (Phi) is 6.04. The van der Waals surface area contributed by atoms with E-state index in [1.165, 1.54) is 0 Å². The summed E-state index contributed by atoms with van der Waals surface area (Å²) in [6.07, 6.45) is 0.737. The first-order chi connectivity index (χ1) is 9.71. The Labute approximate surface area is 127 Å². The first-order valence-corrected chi connectivity index (χ1v) is 8.58. The van der Waals surface area contributed by atoms with Gasteiger partial charge in [-0.05, 0) is 51.4 Å². The van der Waals surface area contributed by atoms with Crippen LogP contribution in [0.5, 0.6) is 11.5 Å². The van der Waals surface area contributed by atoms with Crippen molar-refractivity contribution in [3.63, 3.8) is 0 Å². The molecule has 1 rings (SSSR count). The molecule has 6 heteroatoms. The van der Waals surface area contributed by atoms with Crippen LogP contribution in [-0.2, 0) is 16.3 Å². The minimum atomic E-state index is -3.19. The van der Waals surface area contributed by atoms with Gasteiger partial charge in [-0.2, -0.15) is 0 Å². The van der Waals surface area contributed by atoms with Crippen LogP contribution in [0.2, 0.25) is 0 Å². The number of rotatable bonds is 7. The highest BCUT2D eigenvalue weighted by molar-refractivity contribution is 7.92. The lowest BCUT2D eigenvalue weighted by molar-refractivity contribution is 0.310. The lowest BCUT2D eigenvalue weighted by Crippen LogP contribution is -2.32. The van der Waals surface area contributed by atoms with Crippen molar-refractivity contribution >= 4 is 9.84 Å². The van der Waals surface area contributed by atoms with Crippen molar-refractivity contribution in [2.45, 2.75) is 31.9 Å². The smallest absolute Gasteiger partial charge is 0.161 e. The van der Waals surface area contributed by atoms with Crippen LogP contribution in [0.1, 0.15) is 26.3 Å². The highest BCUT2D eigenvalue weighted by atomic mass is 32.2. The van der Waals surface area contributed by atoms with Gasteiger partial charge in [0.05, 0.1) is 17.6 Å². The van der Waals surface area contributed by atoms with Gasteiger partial charge in [-0.15, -0.1) is 0 Å². The first kappa shape index (κ1) is 17.8. The average Bonchev–Trinajstić information content (AvgIpc) is 2.38. The Morgan fingerprint density at radius 3 is 2.38 bits per heavy atom. The van der Waals surface area contributed by atoms with E-state index in [9.17, 15) is 8.42 Å². The van der Waals surface area contributed by atoms with Crippen LogP contribution in [0.4, 0.5) is 0 Å². The van der Waals surface area contributed by atoms with Gasteiger partial charge in [0.25, 0.3) is 0 Å². The van der Waals surface area contributed by atoms with E-state index in [-0.39, 0.29) is 12.4 Å². The van der Waals surface area contributed by atoms with Crippen LogP contribution in [0.15, 0.2) is 18.2 Å². The summed E-state index contributed by atoms with van der Waals surface area (Å²) >= 11 is 0. The standard InChI is InChI=1S/C15H25NO4S/c1-15(2,3)21(17,18)10-9-20-14-11-12(7-8-16)5-6-13(14)19-4/h5-6,11H,7-10,16H2,1-4H3. The Hall–Kier alpha value is -1.27. The third-order valence-electron chi connectivity index (χ3n) is 3.20. The second-order valence-electron chi connectivity index (χ2n) is 5.80. The normalized spacial score (nSPS) is 12.2. The van der Waals surface area contributed by atoms with Crippen molar-refractivity contribution in [3.8, 4) is 11.5 Å². The Morgan fingerprint density at radius 2 is 1.86 bits per heavy atom. The van der Waals surface area contributed by atoms with E-state index in [1.807, 2.05) is 12.1 Å². The fourth-order valence-electron chi connectivity index (χ4n) is 1.72. The first-order valence-electron chi connectivity index (χ1n) is 6.93.